The van der Waals surface area contributed by atoms with Gasteiger partial charge in [-0.15, -0.1) is 0 Å². The zero-order valence-corrected chi connectivity index (χ0v) is 12.0. The van der Waals surface area contributed by atoms with Crippen LogP contribution in [0.2, 0.25) is 0 Å². The number of hydrogen-bond donors (Lipinski definition) is 1. The van der Waals surface area contributed by atoms with Gasteiger partial charge in [0.2, 0.25) is 0 Å². The molecule has 1 rings (SSSR count). The Labute approximate surface area is 106 Å². The largest absolute Gasteiger partial charge is 0.382 e. The highest BCUT2D eigenvalue weighted by atomic mass is 31.1. The molecule has 1 aromatic carbocycles. The van der Waals surface area contributed by atoms with Gasteiger partial charge < -0.3 is 10.5 Å². The fourth-order valence-corrected chi connectivity index (χ4v) is 4.51. The van der Waals surface area contributed by atoms with Crippen LogP contribution in [-0.4, -0.2) is 25.2 Å². The highest BCUT2D eigenvalue weighted by molar-refractivity contribution is 7.58. The molecule has 0 bridgehead atoms. The van der Waals surface area contributed by atoms with Gasteiger partial charge in [-0.25, -0.2) is 0 Å². The highest BCUT2D eigenvalue weighted by Crippen LogP contribution is 2.49. The van der Waals surface area contributed by atoms with Crippen LogP contribution in [0.1, 0.15) is 25.8 Å². The molecule has 3 heteroatoms. The molecule has 0 heterocycles. The quantitative estimate of drug-likeness (QED) is 0.756. The van der Waals surface area contributed by atoms with Gasteiger partial charge in [0.25, 0.3) is 0 Å². The fraction of sp³-hybridized carbons (Fsp3) is 0.571. The van der Waals surface area contributed by atoms with E-state index in [1.165, 1.54) is 18.1 Å². The van der Waals surface area contributed by atoms with Crippen molar-refractivity contribution in [3.05, 3.63) is 35.9 Å². The van der Waals surface area contributed by atoms with Crippen molar-refractivity contribution in [1.29, 1.82) is 0 Å². The molecule has 0 aromatic heterocycles. The van der Waals surface area contributed by atoms with E-state index >= 15 is 0 Å². The molecule has 0 spiro atoms. The van der Waals surface area contributed by atoms with E-state index in [0.29, 0.717) is 6.61 Å². The van der Waals surface area contributed by atoms with Crippen molar-refractivity contribution in [2.45, 2.75) is 31.7 Å². The first-order valence-corrected chi connectivity index (χ1v) is 7.88. The third-order valence-corrected chi connectivity index (χ3v) is 6.18. The van der Waals surface area contributed by atoms with Gasteiger partial charge in [-0.05, 0) is 24.8 Å². The molecule has 2 atom stereocenters. The van der Waals surface area contributed by atoms with Crippen molar-refractivity contribution in [3.8, 4) is 0 Å². The highest BCUT2D eigenvalue weighted by Gasteiger charge is 2.28. The SMILES string of the molecule is CCCP(Cc1ccccc1)[C@](C)(N)COC. The Morgan fingerprint density at radius 2 is 1.94 bits per heavy atom. The van der Waals surface area contributed by atoms with Crippen LogP contribution in [0.15, 0.2) is 30.3 Å². The van der Waals surface area contributed by atoms with Crippen LogP contribution in [0, 0.1) is 0 Å². The van der Waals surface area contributed by atoms with Gasteiger partial charge in [0.15, 0.2) is 0 Å². The molecule has 0 saturated heterocycles. The second-order valence-electron chi connectivity index (χ2n) is 4.70. The molecule has 96 valence electrons. The number of nitrogens with two attached hydrogens (primary N) is 1. The van der Waals surface area contributed by atoms with Gasteiger partial charge in [0.1, 0.15) is 0 Å². The number of benzene rings is 1. The molecule has 0 aliphatic rings. The first kappa shape index (κ1) is 14.6. The predicted octanol–water partition coefficient (Wildman–Crippen LogP) is 3.40. The molecule has 0 radical (unpaired) electrons. The summed E-state index contributed by atoms with van der Waals surface area (Å²) >= 11 is 0. The predicted molar refractivity (Wildman–Crippen MR) is 76.7 cm³/mol. The van der Waals surface area contributed by atoms with Crippen molar-refractivity contribution in [3.63, 3.8) is 0 Å². The molecule has 0 fully saturated rings. The average molecular weight is 253 g/mol. The minimum Gasteiger partial charge on any atom is -0.382 e. The normalized spacial score (nSPS) is 16.5. The zero-order valence-electron chi connectivity index (χ0n) is 11.1. The summed E-state index contributed by atoms with van der Waals surface area (Å²) in [5.41, 5.74) is 7.80. The third-order valence-electron chi connectivity index (χ3n) is 2.87. The summed E-state index contributed by atoms with van der Waals surface area (Å²) < 4.78 is 5.26. The minimum atomic E-state index is -0.233. The van der Waals surface area contributed by atoms with Gasteiger partial charge >= 0.3 is 0 Å². The molecule has 1 aromatic rings. The molecular weight excluding hydrogens is 229 g/mol. The summed E-state index contributed by atoms with van der Waals surface area (Å²) in [5.74, 6) is 0. The zero-order chi connectivity index (χ0) is 12.7. The number of hydrogen-bond acceptors (Lipinski definition) is 2. The van der Waals surface area contributed by atoms with Crippen LogP contribution in [0.4, 0.5) is 0 Å². The molecule has 2 nitrogen and oxygen atoms in total. The minimum absolute atomic E-state index is 0.185. The third kappa shape index (κ3) is 4.75. The Bertz CT molecular complexity index is 313. The van der Waals surface area contributed by atoms with E-state index in [1.807, 2.05) is 0 Å². The average Bonchev–Trinajstić information content (AvgIpc) is 2.30. The van der Waals surface area contributed by atoms with Crippen molar-refractivity contribution < 1.29 is 4.74 Å². The second-order valence-corrected chi connectivity index (χ2v) is 7.56. The topological polar surface area (TPSA) is 35.2 Å². The second kappa shape index (κ2) is 7.10. The lowest BCUT2D eigenvalue weighted by Crippen LogP contribution is -2.40. The Hall–Kier alpha value is -0.430. The van der Waals surface area contributed by atoms with E-state index < -0.39 is 0 Å². The summed E-state index contributed by atoms with van der Waals surface area (Å²) in [5, 5.41) is -0.185. The molecular formula is C14H24NOP. The first-order chi connectivity index (χ1) is 8.10. The summed E-state index contributed by atoms with van der Waals surface area (Å²) in [6.07, 6.45) is 3.50. The van der Waals surface area contributed by atoms with Crippen molar-refractivity contribution in [2.75, 3.05) is 19.9 Å². The van der Waals surface area contributed by atoms with E-state index in [4.69, 9.17) is 10.5 Å². The molecule has 0 aliphatic heterocycles. The van der Waals surface area contributed by atoms with Gasteiger partial charge in [-0.2, -0.15) is 0 Å². The van der Waals surface area contributed by atoms with Crippen molar-refractivity contribution >= 4 is 7.92 Å². The maximum absolute atomic E-state index is 6.41. The van der Waals surface area contributed by atoms with E-state index in [-0.39, 0.29) is 13.2 Å². The van der Waals surface area contributed by atoms with E-state index in [1.54, 1.807) is 7.11 Å². The first-order valence-electron chi connectivity index (χ1n) is 6.17. The molecule has 1 unspecified atom stereocenters. The summed E-state index contributed by atoms with van der Waals surface area (Å²) in [4.78, 5) is 0. The van der Waals surface area contributed by atoms with Crippen LogP contribution in [0.3, 0.4) is 0 Å². The Morgan fingerprint density at radius 1 is 1.29 bits per heavy atom. The van der Waals surface area contributed by atoms with Crippen molar-refractivity contribution in [2.24, 2.45) is 5.73 Å². The molecule has 0 amide bonds. The number of rotatable bonds is 7. The van der Waals surface area contributed by atoms with Crippen LogP contribution in [-0.2, 0) is 10.9 Å². The lowest BCUT2D eigenvalue weighted by molar-refractivity contribution is 0.173. The van der Waals surface area contributed by atoms with Crippen LogP contribution in [0.25, 0.3) is 0 Å². The summed E-state index contributed by atoms with van der Waals surface area (Å²) in [6.45, 7) is 5.00. The van der Waals surface area contributed by atoms with Gasteiger partial charge in [-0.3, -0.25) is 0 Å². The monoisotopic (exact) mass is 253 g/mol. The Balaban J connectivity index is 2.72. The molecule has 0 aliphatic carbocycles. The van der Waals surface area contributed by atoms with E-state index in [2.05, 4.69) is 44.2 Å². The van der Waals surface area contributed by atoms with E-state index in [0.717, 1.165) is 6.16 Å². The maximum Gasteiger partial charge on any atom is 0.0679 e. The van der Waals surface area contributed by atoms with Gasteiger partial charge in [-0.1, -0.05) is 51.6 Å². The fourth-order valence-electron chi connectivity index (χ4n) is 1.97. The van der Waals surface area contributed by atoms with Gasteiger partial charge in [0.05, 0.1) is 11.9 Å². The molecule has 0 saturated carbocycles. The van der Waals surface area contributed by atoms with Crippen LogP contribution < -0.4 is 5.73 Å². The lowest BCUT2D eigenvalue weighted by Gasteiger charge is -2.34. The Kier molecular flexibility index (Phi) is 6.11. The smallest absolute Gasteiger partial charge is 0.0679 e. The van der Waals surface area contributed by atoms with Crippen LogP contribution in [0.5, 0.6) is 0 Å². The number of ether oxygens (including phenoxy) is 1. The van der Waals surface area contributed by atoms with Crippen LogP contribution >= 0.6 is 7.92 Å². The molecule has 17 heavy (non-hydrogen) atoms. The summed E-state index contributed by atoms with van der Waals surface area (Å²) in [6, 6.07) is 10.6. The lowest BCUT2D eigenvalue weighted by atomic mass is 10.2. The standard InChI is InChI=1S/C14H24NOP/c1-4-10-17(14(2,15)12-16-3)11-13-8-6-5-7-9-13/h5-9H,4,10-12,15H2,1-3H3/t14-,17?/m0/s1. The van der Waals surface area contributed by atoms with E-state index in [9.17, 15) is 0 Å². The summed E-state index contributed by atoms with van der Waals surface area (Å²) in [7, 11) is 1.50. The maximum atomic E-state index is 6.41. The number of methoxy groups -OCH3 is 1. The van der Waals surface area contributed by atoms with Crippen molar-refractivity contribution in [1.82, 2.24) is 0 Å². The Morgan fingerprint density at radius 3 is 2.47 bits per heavy atom. The molecule has 2 N–H and O–H groups in total. The van der Waals surface area contributed by atoms with Gasteiger partial charge in [0, 0.05) is 7.11 Å².